The number of rotatable bonds is 4. The van der Waals surface area contributed by atoms with Gasteiger partial charge in [-0.2, -0.15) is 0 Å². The molecule has 0 spiro atoms. The van der Waals surface area contributed by atoms with Crippen molar-refractivity contribution in [2.24, 2.45) is 0 Å². The number of hydrogen-bond donors (Lipinski definition) is 1. The van der Waals surface area contributed by atoms with Crippen LogP contribution in [0.2, 0.25) is 0 Å². The number of hydrogen-bond acceptors (Lipinski definition) is 1. The lowest BCUT2D eigenvalue weighted by atomic mass is 9.89. The summed E-state index contributed by atoms with van der Waals surface area (Å²) < 4.78 is 30.0. The SMILES string of the molecule is O=c1c(C(CC#CC#Cc2cc[nH]c2)c2cc(F)ccc2F)cccn1C1CC1. The van der Waals surface area contributed by atoms with Crippen molar-refractivity contribution in [1.82, 2.24) is 9.55 Å². The molecule has 1 fully saturated rings. The van der Waals surface area contributed by atoms with Gasteiger partial charge in [0.1, 0.15) is 11.6 Å². The molecule has 1 atom stereocenters. The first-order valence-electron chi connectivity index (χ1n) is 9.41. The third-order valence-electron chi connectivity index (χ3n) is 4.91. The number of nitrogens with one attached hydrogen (secondary N) is 1. The van der Waals surface area contributed by atoms with Crippen LogP contribution < -0.4 is 5.56 Å². The molecule has 3 aromatic rings. The maximum atomic E-state index is 14.5. The van der Waals surface area contributed by atoms with Crippen LogP contribution in [-0.4, -0.2) is 9.55 Å². The predicted molar refractivity (Wildman–Crippen MR) is 107 cm³/mol. The molecule has 0 aliphatic heterocycles. The Balaban J connectivity index is 1.70. The van der Waals surface area contributed by atoms with Crippen molar-refractivity contribution in [2.75, 3.05) is 0 Å². The molecule has 1 unspecified atom stereocenters. The quantitative estimate of drug-likeness (QED) is 0.663. The van der Waals surface area contributed by atoms with Gasteiger partial charge in [0.2, 0.25) is 0 Å². The highest BCUT2D eigenvalue weighted by Crippen LogP contribution is 2.34. The van der Waals surface area contributed by atoms with E-state index in [1.165, 1.54) is 0 Å². The van der Waals surface area contributed by atoms with E-state index in [1.807, 2.05) is 6.07 Å². The van der Waals surface area contributed by atoms with E-state index in [-0.39, 0.29) is 23.6 Å². The maximum absolute atomic E-state index is 14.5. The van der Waals surface area contributed by atoms with Crippen LogP contribution in [0.5, 0.6) is 0 Å². The standard InChI is InChI=1S/C24H18F2N2O/c25-18-8-11-23(26)22(15-18)20(6-3-1-2-5-17-12-13-27-16-17)21-7-4-14-28(24(21)29)19-9-10-19/h4,7-8,11-16,19-20,27H,6,9-10H2. The number of benzene rings is 1. The largest absolute Gasteiger partial charge is 0.367 e. The van der Waals surface area contributed by atoms with E-state index in [1.54, 1.807) is 35.3 Å². The van der Waals surface area contributed by atoms with Crippen molar-refractivity contribution in [3.8, 4) is 23.7 Å². The van der Waals surface area contributed by atoms with Crippen molar-refractivity contribution in [3.63, 3.8) is 0 Å². The molecule has 2 aromatic heterocycles. The minimum absolute atomic E-state index is 0.128. The van der Waals surface area contributed by atoms with Crippen molar-refractivity contribution >= 4 is 0 Å². The summed E-state index contributed by atoms with van der Waals surface area (Å²) in [7, 11) is 0. The lowest BCUT2D eigenvalue weighted by Crippen LogP contribution is -2.25. The smallest absolute Gasteiger partial charge is 0.254 e. The first kappa shape index (κ1) is 18.8. The number of H-pyrrole nitrogens is 1. The molecule has 0 saturated heterocycles. The number of pyridine rings is 1. The molecule has 144 valence electrons. The first-order valence-corrected chi connectivity index (χ1v) is 9.41. The van der Waals surface area contributed by atoms with Gasteiger partial charge in [-0.05, 0) is 60.6 Å². The monoisotopic (exact) mass is 388 g/mol. The predicted octanol–water partition coefficient (Wildman–Crippen LogP) is 4.37. The highest BCUT2D eigenvalue weighted by Gasteiger charge is 2.27. The third-order valence-corrected chi connectivity index (χ3v) is 4.91. The topological polar surface area (TPSA) is 37.8 Å². The van der Waals surface area contributed by atoms with Gasteiger partial charge in [-0.15, -0.1) is 0 Å². The number of nitrogens with zero attached hydrogens (tertiary/aromatic N) is 1. The Kier molecular flexibility index (Phi) is 5.31. The van der Waals surface area contributed by atoms with Crippen LogP contribution in [0.15, 0.2) is 59.8 Å². The van der Waals surface area contributed by atoms with Gasteiger partial charge in [0.15, 0.2) is 0 Å². The van der Waals surface area contributed by atoms with E-state index in [9.17, 15) is 13.6 Å². The third kappa shape index (κ3) is 4.31. The Morgan fingerprint density at radius 2 is 2.00 bits per heavy atom. The maximum Gasteiger partial charge on any atom is 0.254 e. The molecule has 3 nitrogen and oxygen atoms in total. The number of aromatic amines is 1. The summed E-state index contributed by atoms with van der Waals surface area (Å²) in [6.07, 6.45) is 7.33. The van der Waals surface area contributed by atoms with Crippen LogP contribution in [0, 0.1) is 35.3 Å². The molecule has 1 aliphatic carbocycles. The highest BCUT2D eigenvalue weighted by molar-refractivity contribution is 5.40. The summed E-state index contributed by atoms with van der Waals surface area (Å²) >= 11 is 0. The lowest BCUT2D eigenvalue weighted by Gasteiger charge is -2.17. The summed E-state index contributed by atoms with van der Waals surface area (Å²) in [5, 5.41) is 0. The van der Waals surface area contributed by atoms with E-state index in [2.05, 4.69) is 28.7 Å². The molecule has 4 rings (SSSR count). The molecule has 1 aromatic carbocycles. The summed E-state index contributed by atoms with van der Waals surface area (Å²) in [6.45, 7) is 0. The van der Waals surface area contributed by atoms with Gasteiger partial charge in [-0.3, -0.25) is 4.79 Å². The molecule has 1 N–H and O–H groups in total. The summed E-state index contributed by atoms with van der Waals surface area (Å²) in [4.78, 5) is 15.9. The molecule has 2 heterocycles. The van der Waals surface area contributed by atoms with Gasteiger partial charge >= 0.3 is 0 Å². The lowest BCUT2D eigenvalue weighted by molar-refractivity contribution is 0.572. The zero-order valence-corrected chi connectivity index (χ0v) is 15.6. The van der Waals surface area contributed by atoms with Crippen molar-refractivity contribution in [1.29, 1.82) is 0 Å². The fourth-order valence-corrected chi connectivity index (χ4v) is 3.30. The van der Waals surface area contributed by atoms with Crippen LogP contribution in [0.3, 0.4) is 0 Å². The van der Waals surface area contributed by atoms with Crippen molar-refractivity contribution in [3.05, 3.63) is 93.7 Å². The van der Waals surface area contributed by atoms with Gasteiger partial charge in [0.05, 0.1) is 0 Å². The molecular formula is C24H18F2N2O. The zero-order valence-electron chi connectivity index (χ0n) is 15.6. The van der Waals surface area contributed by atoms with E-state index >= 15 is 0 Å². The molecule has 29 heavy (non-hydrogen) atoms. The summed E-state index contributed by atoms with van der Waals surface area (Å²) in [5.41, 5.74) is 1.17. The van der Waals surface area contributed by atoms with E-state index < -0.39 is 17.6 Å². The second-order valence-corrected chi connectivity index (χ2v) is 6.98. The van der Waals surface area contributed by atoms with Crippen molar-refractivity contribution in [2.45, 2.75) is 31.2 Å². The Morgan fingerprint density at radius 1 is 1.14 bits per heavy atom. The highest BCUT2D eigenvalue weighted by atomic mass is 19.1. The van der Waals surface area contributed by atoms with Crippen LogP contribution in [0.25, 0.3) is 0 Å². The van der Waals surface area contributed by atoms with Crippen LogP contribution in [0.1, 0.15) is 47.9 Å². The van der Waals surface area contributed by atoms with Crippen molar-refractivity contribution < 1.29 is 8.78 Å². The average Bonchev–Trinajstić information content (AvgIpc) is 3.43. The minimum atomic E-state index is -0.675. The first-order chi connectivity index (χ1) is 14.1. The molecule has 0 amide bonds. The summed E-state index contributed by atoms with van der Waals surface area (Å²) in [5.74, 6) is 9.51. The van der Waals surface area contributed by atoms with E-state index in [0.29, 0.717) is 5.56 Å². The van der Waals surface area contributed by atoms with Crippen LogP contribution in [0.4, 0.5) is 8.78 Å². The Labute approximate surface area is 167 Å². The van der Waals surface area contributed by atoms with Gasteiger partial charge in [0.25, 0.3) is 5.56 Å². The van der Waals surface area contributed by atoms with Gasteiger partial charge < -0.3 is 9.55 Å². The molecule has 0 radical (unpaired) electrons. The van der Waals surface area contributed by atoms with E-state index in [4.69, 9.17) is 0 Å². The molecule has 0 bridgehead atoms. The van der Waals surface area contributed by atoms with Gasteiger partial charge in [0, 0.05) is 48.1 Å². The number of aromatic nitrogens is 2. The van der Waals surface area contributed by atoms with Gasteiger partial charge in [-0.25, -0.2) is 8.78 Å². The Hall–Kier alpha value is -3.57. The molecular weight excluding hydrogens is 370 g/mol. The number of halogens is 2. The van der Waals surface area contributed by atoms with E-state index in [0.717, 1.165) is 36.6 Å². The zero-order chi connectivity index (χ0) is 20.2. The second kappa shape index (κ2) is 8.20. The summed E-state index contributed by atoms with van der Waals surface area (Å²) in [6, 6.07) is 8.75. The van der Waals surface area contributed by atoms with Crippen LogP contribution in [-0.2, 0) is 0 Å². The molecule has 1 saturated carbocycles. The Morgan fingerprint density at radius 3 is 2.76 bits per heavy atom. The normalized spacial score (nSPS) is 13.7. The van der Waals surface area contributed by atoms with Crippen LogP contribution >= 0.6 is 0 Å². The van der Waals surface area contributed by atoms with Gasteiger partial charge in [-0.1, -0.05) is 17.9 Å². The fourth-order valence-electron chi connectivity index (χ4n) is 3.30. The molecule has 5 heteroatoms. The molecule has 1 aliphatic rings. The fraction of sp³-hybridized carbons (Fsp3) is 0.208. The minimum Gasteiger partial charge on any atom is -0.367 e. The second-order valence-electron chi connectivity index (χ2n) is 6.98. The Bertz CT molecular complexity index is 1200. The average molecular weight is 388 g/mol.